The van der Waals surface area contributed by atoms with Gasteiger partial charge in [0.1, 0.15) is 0 Å². The first kappa shape index (κ1) is 9.82. The van der Waals surface area contributed by atoms with E-state index in [2.05, 4.69) is 20.5 Å². The number of aryl methyl sites for hydroxylation is 1. The molecule has 0 fully saturated rings. The molecule has 0 unspecified atom stereocenters. The fourth-order valence-corrected chi connectivity index (χ4v) is 2.51. The van der Waals surface area contributed by atoms with Crippen LogP contribution < -0.4 is 5.32 Å². The zero-order chi connectivity index (χ0) is 24.1. The van der Waals surface area contributed by atoms with Crippen LogP contribution in [0.5, 0.6) is 0 Å². The second kappa shape index (κ2) is 6.40. The molecule has 1 N–H and O–H groups in total. The highest BCUT2D eigenvalue weighted by Crippen LogP contribution is 2.24. The minimum atomic E-state index is -2.86. The molecular weight excluding hydrogens is 326 g/mol. The molecule has 0 aliphatic carbocycles. The number of carbonyl (C=O) groups is 1. The molecule has 0 saturated carbocycles. The molecule has 0 aliphatic rings. The van der Waals surface area contributed by atoms with E-state index < -0.39 is 48.1 Å². The van der Waals surface area contributed by atoms with Gasteiger partial charge in [0.25, 0.3) is 5.91 Å². The fourth-order valence-electron chi connectivity index (χ4n) is 2.51. The number of fused-ring (bicyclic) bond motifs is 1. The average molecular weight is 350 g/mol. The highest BCUT2D eigenvalue weighted by atomic mass is 16.1. The van der Waals surface area contributed by atoms with E-state index in [9.17, 15) is 4.79 Å². The number of nitrogens with one attached hydrogen (secondary N) is 1. The Morgan fingerprint density at radius 3 is 2.77 bits per heavy atom. The van der Waals surface area contributed by atoms with Crippen molar-refractivity contribution in [1.29, 1.82) is 0 Å². The first-order chi connectivity index (χ1) is 15.5. The zero-order valence-corrected chi connectivity index (χ0v) is 13.7. The minimum Gasteiger partial charge on any atom is -0.334 e. The van der Waals surface area contributed by atoms with Gasteiger partial charge in [-0.3, -0.25) is 4.79 Å². The molecule has 6 heteroatoms. The van der Waals surface area contributed by atoms with Crippen molar-refractivity contribution in [3.8, 4) is 11.3 Å². The Morgan fingerprint density at radius 1 is 1.19 bits per heavy atom. The molecule has 0 spiro atoms. The van der Waals surface area contributed by atoms with Crippen molar-refractivity contribution in [2.24, 2.45) is 7.05 Å². The number of benzene rings is 2. The maximum absolute atomic E-state index is 12.8. The van der Waals surface area contributed by atoms with Gasteiger partial charge in [0.05, 0.1) is 29.2 Å². The van der Waals surface area contributed by atoms with Gasteiger partial charge in [-0.15, -0.1) is 10.2 Å². The molecule has 0 saturated heterocycles. The van der Waals surface area contributed by atoms with E-state index in [1.165, 1.54) is 0 Å². The summed E-state index contributed by atoms with van der Waals surface area (Å²) in [7, 11) is 1.86. The number of imidazole rings is 1. The smallest absolute Gasteiger partial charge is 0.256 e. The number of hydrogen-bond acceptors (Lipinski definition) is 4. The van der Waals surface area contributed by atoms with Gasteiger partial charge in [0.2, 0.25) is 0 Å². The van der Waals surface area contributed by atoms with Gasteiger partial charge in [0.15, 0.2) is 5.82 Å². The van der Waals surface area contributed by atoms with E-state index in [1.807, 2.05) is 23.7 Å². The van der Waals surface area contributed by atoms with Crippen LogP contribution in [0.25, 0.3) is 22.2 Å². The van der Waals surface area contributed by atoms with Gasteiger partial charge < -0.3 is 9.88 Å². The normalized spacial score (nSPS) is 15.2. The number of carbonyl (C=O) groups excluding carboxylic acids is 1. The average Bonchev–Trinajstić information content (AvgIpc) is 3.17. The van der Waals surface area contributed by atoms with Crippen molar-refractivity contribution >= 4 is 22.6 Å². The molecular formula is C20H17N5O. The second-order valence-electron chi connectivity index (χ2n) is 5.60. The van der Waals surface area contributed by atoms with E-state index in [4.69, 9.17) is 9.60 Å². The Kier molecular flexibility index (Phi) is 2.42. The van der Waals surface area contributed by atoms with E-state index >= 15 is 0 Å². The number of hydrogen-bond donors (Lipinski definition) is 1. The minimum absolute atomic E-state index is 0.0337. The zero-order valence-electron chi connectivity index (χ0n) is 20.7. The molecule has 2 heterocycles. The van der Waals surface area contributed by atoms with E-state index in [-0.39, 0.29) is 5.82 Å². The van der Waals surface area contributed by atoms with Crippen LogP contribution in [0.4, 0.5) is 5.82 Å². The monoisotopic (exact) mass is 350 g/mol. The van der Waals surface area contributed by atoms with Crippen LogP contribution in [-0.4, -0.2) is 25.7 Å². The molecule has 2 aromatic heterocycles. The van der Waals surface area contributed by atoms with Crippen LogP contribution in [0, 0.1) is 6.85 Å². The van der Waals surface area contributed by atoms with Crippen molar-refractivity contribution in [2.75, 3.05) is 5.32 Å². The van der Waals surface area contributed by atoms with Crippen LogP contribution in [0.2, 0.25) is 0 Å². The first-order valence-corrected chi connectivity index (χ1v) is 7.65. The van der Waals surface area contributed by atoms with Crippen molar-refractivity contribution in [3.63, 3.8) is 0 Å². The molecule has 0 radical (unpaired) electrons. The van der Waals surface area contributed by atoms with Gasteiger partial charge >= 0.3 is 0 Å². The van der Waals surface area contributed by atoms with E-state index in [0.717, 1.165) is 11.3 Å². The largest absolute Gasteiger partial charge is 0.334 e. The number of amides is 1. The van der Waals surface area contributed by atoms with Crippen LogP contribution >= 0.6 is 0 Å². The standard InChI is InChI=1S/C20H17N5O/c1-13-3-5-14(6-4-13)20(26)22-19-10-16-9-15(7-8-17(16)23-24-19)18-11-21-12-25(18)2/h3-12H,1-2H3,(H,22,24,26)/i1D3,3D,4D,5D,6D. The molecule has 26 heavy (non-hydrogen) atoms. The lowest BCUT2D eigenvalue weighted by molar-refractivity contribution is 0.102. The third kappa shape index (κ3) is 3.04. The van der Waals surface area contributed by atoms with Gasteiger partial charge in [0, 0.05) is 27.7 Å². The Hall–Kier alpha value is -3.54. The lowest BCUT2D eigenvalue weighted by Crippen LogP contribution is -2.13. The van der Waals surface area contributed by atoms with Crippen LogP contribution in [0.3, 0.4) is 0 Å². The summed E-state index contributed by atoms with van der Waals surface area (Å²) in [5.41, 5.74) is 1.00. The number of aromatic nitrogens is 4. The van der Waals surface area contributed by atoms with Crippen molar-refractivity contribution in [1.82, 2.24) is 19.7 Å². The topological polar surface area (TPSA) is 72.7 Å². The Balaban J connectivity index is 1.72. The van der Waals surface area contributed by atoms with E-state index in [1.54, 1.807) is 24.7 Å². The SMILES string of the molecule is [2H]c1c([2H])c(C([2H])([2H])[2H])c([2H])c([2H])c1C(=O)Nc1cc2cc(-c3cncn3C)ccc2nn1. The lowest BCUT2D eigenvalue weighted by atomic mass is 10.1. The molecule has 4 aromatic rings. The lowest BCUT2D eigenvalue weighted by Gasteiger charge is -2.07. The predicted octanol–water partition coefficient (Wildman–Crippen LogP) is 3.59. The van der Waals surface area contributed by atoms with Crippen LogP contribution in [0.15, 0.2) is 61.0 Å². The van der Waals surface area contributed by atoms with Crippen LogP contribution in [-0.2, 0) is 7.05 Å². The summed E-state index contributed by atoms with van der Waals surface area (Å²) in [4.78, 5) is 16.9. The summed E-state index contributed by atoms with van der Waals surface area (Å²) in [6.07, 6.45) is 3.38. The summed E-state index contributed by atoms with van der Waals surface area (Å²) in [5.74, 6) is -0.924. The highest BCUT2D eigenvalue weighted by molar-refractivity contribution is 6.04. The quantitative estimate of drug-likeness (QED) is 0.613. The number of nitrogens with zero attached hydrogens (tertiary/aromatic N) is 4. The fraction of sp³-hybridized carbons (Fsp3) is 0.100. The predicted molar refractivity (Wildman–Crippen MR) is 101 cm³/mol. The summed E-state index contributed by atoms with van der Waals surface area (Å²) in [6.45, 7) is -2.86. The van der Waals surface area contributed by atoms with Gasteiger partial charge in [-0.1, -0.05) is 23.7 Å². The van der Waals surface area contributed by atoms with Gasteiger partial charge in [-0.2, -0.15) is 0 Å². The molecule has 4 rings (SSSR count). The van der Waals surface area contributed by atoms with Crippen molar-refractivity contribution in [2.45, 2.75) is 6.85 Å². The summed E-state index contributed by atoms with van der Waals surface area (Å²) in [6, 6.07) is 3.98. The van der Waals surface area contributed by atoms with Crippen molar-refractivity contribution < 1.29 is 14.4 Å². The number of anilines is 1. The summed E-state index contributed by atoms with van der Waals surface area (Å²) in [5, 5.41) is 11.1. The van der Waals surface area contributed by atoms with Crippen molar-refractivity contribution in [3.05, 3.63) is 72.1 Å². The molecule has 6 nitrogen and oxygen atoms in total. The van der Waals surface area contributed by atoms with Gasteiger partial charge in [-0.05, 0) is 37.1 Å². The van der Waals surface area contributed by atoms with E-state index in [0.29, 0.717) is 10.9 Å². The molecule has 0 bridgehead atoms. The first-order valence-electron chi connectivity index (χ1n) is 11.2. The Bertz CT molecular complexity index is 1390. The van der Waals surface area contributed by atoms with Gasteiger partial charge in [-0.25, -0.2) is 4.98 Å². The number of rotatable bonds is 3. The molecule has 0 aliphatic heterocycles. The summed E-state index contributed by atoms with van der Waals surface area (Å²) < 4.78 is 56.3. The second-order valence-corrected chi connectivity index (χ2v) is 5.60. The summed E-state index contributed by atoms with van der Waals surface area (Å²) >= 11 is 0. The molecule has 128 valence electrons. The van der Waals surface area contributed by atoms with Crippen LogP contribution in [0.1, 0.15) is 25.5 Å². The highest BCUT2D eigenvalue weighted by Gasteiger charge is 2.09. The molecule has 0 atom stereocenters. The maximum atomic E-state index is 12.8. The third-order valence-corrected chi connectivity index (χ3v) is 3.79. The third-order valence-electron chi connectivity index (χ3n) is 3.79. The molecule has 1 amide bonds. The maximum Gasteiger partial charge on any atom is 0.256 e. The molecule has 2 aromatic carbocycles. The Labute approximate surface area is 160 Å². The Morgan fingerprint density at radius 2 is 2.04 bits per heavy atom.